The third-order valence-corrected chi connectivity index (χ3v) is 2.17. The number of nitrogens with one attached hydrogen (secondary N) is 1. The van der Waals surface area contributed by atoms with Crippen molar-refractivity contribution in [1.29, 1.82) is 10.5 Å². The zero-order chi connectivity index (χ0) is 15.3. The first-order valence-electron chi connectivity index (χ1n) is 5.07. The minimum Gasteiger partial charge on any atom is -0.366 e. The molecular weight excluding hydrogens is 273 g/mol. The van der Waals surface area contributed by atoms with Crippen molar-refractivity contribution in [2.45, 2.75) is 6.18 Å². The Bertz CT molecular complexity index is 634. The first kappa shape index (κ1) is 15.1. The number of rotatable bonds is 3. The Morgan fingerprint density at radius 3 is 2.30 bits per heavy atom. The molecule has 102 valence electrons. The largest absolute Gasteiger partial charge is 0.416 e. The summed E-state index contributed by atoms with van der Waals surface area (Å²) in [5.74, 6) is -1.02. The zero-order valence-corrected chi connectivity index (χ0v) is 9.82. The zero-order valence-electron chi connectivity index (χ0n) is 9.82. The molecule has 0 saturated carbocycles. The maximum Gasteiger partial charge on any atom is 0.416 e. The number of hydrogen-bond acceptors (Lipinski definition) is 4. The number of benzene rings is 1. The van der Waals surface area contributed by atoms with Crippen molar-refractivity contribution in [3.8, 4) is 12.1 Å². The van der Waals surface area contributed by atoms with Gasteiger partial charge in [0, 0.05) is 17.5 Å². The molecule has 1 aromatic rings. The third-order valence-electron chi connectivity index (χ3n) is 2.17. The average molecular weight is 280 g/mol. The smallest absolute Gasteiger partial charge is 0.366 e. The summed E-state index contributed by atoms with van der Waals surface area (Å²) in [6.45, 7) is 0. The molecule has 8 heteroatoms. The van der Waals surface area contributed by atoms with Crippen LogP contribution in [-0.4, -0.2) is 5.91 Å². The highest BCUT2D eigenvalue weighted by Gasteiger charge is 2.31. The van der Waals surface area contributed by atoms with Crippen LogP contribution in [-0.2, 0) is 6.18 Å². The lowest BCUT2D eigenvalue weighted by molar-refractivity contribution is -0.137. The van der Waals surface area contributed by atoms with Crippen molar-refractivity contribution >= 4 is 11.6 Å². The number of halogens is 3. The molecule has 1 rings (SSSR count). The van der Waals surface area contributed by atoms with Gasteiger partial charge < -0.3 is 11.1 Å². The number of anilines is 1. The fourth-order valence-corrected chi connectivity index (χ4v) is 1.26. The molecular formula is C12H7F3N4O. The quantitative estimate of drug-likeness (QED) is 0.828. The van der Waals surface area contributed by atoms with E-state index in [9.17, 15) is 18.0 Å². The lowest BCUT2D eigenvalue weighted by Gasteiger charge is -2.10. The highest BCUT2D eigenvalue weighted by Crippen LogP contribution is 2.32. The standard InChI is InChI=1S/C12H7F3N4O/c13-12(14,15)9-1-8(11(18)20)2-10(3-9)19-6-7(4-16)5-17/h1-3,6,19H,(H2,18,20). The van der Waals surface area contributed by atoms with E-state index in [2.05, 4.69) is 5.32 Å². The van der Waals surface area contributed by atoms with Crippen molar-refractivity contribution in [3.63, 3.8) is 0 Å². The summed E-state index contributed by atoms with van der Waals surface area (Å²) >= 11 is 0. The summed E-state index contributed by atoms with van der Waals surface area (Å²) < 4.78 is 37.9. The lowest BCUT2D eigenvalue weighted by atomic mass is 10.1. The van der Waals surface area contributed by atoms with Crippen molar-refractivity contribution in [3.05, 3.63) is 41.1 Å². The SMILES string of the molecule is N#CC(C#N)=CNc1cc(C(N)=O)cc(C(F)(F)F)c1. The number of carbonyl (C=O) groups excluding carboxylic acids is 1. The molecule has 0 spiro atoms. The Morgan fingerprint density at radius 1 is 1.25 bits per heavy atom. The van der Waals surface area contributed by atoms with Crippen molar-refractivity contribution in [2.24, 2.45) is 5.73 Å². The molecule has 20 heavy (non-hydrogen) atoms. The monoisotopic (exact) mass is 280 g/mol. The van der Waals surface area contributed by atoms with Gasteiger partial charge in [-0.15, -0.1) is 0 Å². The van der Waals surface area contributed by atoms with Gasteiger partial charge in [-0.25, -0.2) is 0 Å². The Balaban J connectivity index is 3.25. The minimum absolute atomic E-state index is 0.114. The normalized spacial score (nSPS) is 10.1. The van der Waals surface area contributed by atoms with E-state index in [0.717, 1.165) is 18.3 Å². The van der Waals surface area contributed by atoms with Gasteiger partial charge in [0.05, 0.1) is 5.56 Å². The molecule has 0 aliphatic carbocycles. The lowest BCUT2D eigenvalue weighted by Crippen LogP contribution is -2.14. The molecule has 5 nitrogen and oxygen atoms in total. The first-order chi connectivity index (χ1) is 9.27. The number of nitriles is 2. The van der Waals surface area contributed by atoms with Crippen LogP contribution in [0.1, 0.15) is 15.9 Å². The van der Waals surface area contributed by atoms with Crippen LogP contribution in [0.2, 0.25) is 0 Å². The topological polar surface area (TPSA) is 103 Å². The highest BCUT2D eigenvalue weighted by molar-refractivity contribution is 5.94. The molecule has 0 aliphatic rings. The van der Waals surface area contributed by atoms with Crippen LogP contribution in [0.5, 0.6) is 0 Å². The fourth-order valence-electron chi connectivity index (χ4n) is 1.26. The van der Waals surface area contributed by atoms with Gasteiger partial charge in [0.15, 0.2) is 0 Å². The molecule has 0 aromatic heterocycles. The molecule has 0 saturated heterocycles. The Labute approximate surface area is 111 Å². The number of alkyl halides is 3. The Hall–Kier alpha value is -3.00. The van der Waals surface area contributed by atoms with Gasteiger partial charge in [-0.3, -0.25) is 4.79 Å². The minimum atomic E-state index is -4.65. The van der Waals surface area contributed by atoms with E-state index in [1.54, 1.807) is 0 Å². The van der Waals surface area contributed by atoms with Crippen LogP contribution in [0.4, 0.5) is 18.9 Å². The van der Waals surface area contributed by atoms with Crippen molar-refractivity contribution in [2.75, 3.05) is 5.32 Å². The molecule has 0 unspecified atom stereocenters. The third kappa shape index (κ3) is 3.75. The van der Waals surface area contributed by atoms with E-state index in [0.29, 0.717) is 6.07 Å². The van der Waals surface area contributed by atoms with E-state index in [1.165, 1.54) is 12.1 Å². The Kier molecular flexibility index (Phi) is 4.34. The molecule has 1 aromatic carbocycles. The number of carbonyl (C=O) groups is 1. The molecule has 0 fully saturated rings. The highest BCUT2D eigenvalue weighted by atomic mass is 19.4. The predicted molar refractivity (Wildman–Crippen MR) is 62.9 cm³/mol. The number of amides is 1. The van der Waals surface area contributed by atoms with E-state index >= 15 is 0 Å². The van der Waals surface area contributed by atoms with Crippen LogP contribution < -0.4 is 11.1 Å². The van der Waals surface area contributed by atoms with Crippen LogP contribution >= 0.6 is 0 Å². The van der Waals surface area contributed by atoms with Crippen molar-refractivity contribution < 1.29 is 18.0 Å². The number of primary amides is 1. The molecule has 0 heterocycles. The van der Waals surface area contributed by atoms with E-state index in [-0.39, 0.29) is 16.8 Å². The average Bonchev–Trinajstić information content (AvgIpc) is 2.38. The molecule has 0 aliphatic heterocycles. The maximum atomic E-state index is 12.6. The summed E-state index contributed by atoms with van der Waals surface area (Å²) in [4.78, 5) is 11.0. The van der Waals surface area contributed by atoms with Gasteiger partial charge in [0.25, 0.3) is 0 Å². The van der Waals surface area contributed by atoms with Crippen LogP contribution in [0.3, 0.4) is 0 Å². The molecule has 1 amide bonds. The fraction of sp³-hybridized carbons (Fsp3) is 0.0833. The summed E-state index contributed by atoms with van der Waals surface area (Å²) in [7, 11) is 0. The second kappa shape index (κ2) is 5.76. The van der Waals surface area contributed by atoms with Gasteiger partial charge in [0.2, 0.25) is 5.91 Å². The first-order valence-corrected chi connectivity index (χ1v) is 5.07. The molecule has 3 N–H and O–H groups in total. The van der Waals surface area contributed by atoms with Gasteiger partial charge in [0.1, 0.15) is 17.7 Å². The van der Waals surface area contributed by atoms with E-state index in [1.807, 2.05) is 0 Å². The summed E-state index contributed by atoms with van der Waals surface area (Å²) in [6.07, 6.45) is -3.72. The summed E-state index contributed by atoms with van der Waals surface area (Å²) in [6, 6.07) is 5.49. The maximum absolute atomic E-state index is 12.6. The van der Waals surface area contributed by atoms with Gasteiger partial charge in [-0.2, -0.15) is 23.7 Å². The second-order valence-corrected chi connectivity index (χ2v) is 3.59. The van der Waals surface area contributed by atoms with Crippen LogP contribution in [0, 0.1) is 22.7 Å². The Morgan fingerprint density at radius 2 is 1.85 bits per heavy atom. The van der Waals surface area contributed by atoms with Gasteiger partial charge >= 0.3 is 6.18 Å². The van der Waals surface area contributed by atoms with Crippen LogP contribution in [0.25, 0.3) is 0 Å². The number of allylic oxidation sites excluding steroid dienone is 1. The van der Waals surface area contributed by atoms with Gasteiger partial charge in [-0.1, -0.05) is 0 Å². The van der Waals surface area contributed by atoms with Gasteiger partial charge in [-0.05, 0) is 18.2 Å². The molecule has 0 bridgehead atoms. The number of nitrogens with two attached hydrogens (primary N) is 1. The second-order valence-electron chi connectivity index (χ2n) is 3.59. The summed E-state index contributed by atoms with van der Waals surface area (Å²) in [5.41, 5.74) is 3.09. The molecule has 0 atom stereocenters. The van der Waals surface area contributed by atoms with Crippen molar-refractivity contribution in [1.82, 2.24) is 0 Å². The molecule has 0 radical (unpaired) electrons. The number of hydrogen-bond donors (Lipinski definition) is 2. The summed E-state index contributed by atoms with van der Waals surface area (Å²) in [5, 5.41) is 19.3. The number of nitrogens with zero attached hydrogens (tertiary/aromatic N) is 2. The van der Waals surface area contributed by atoms with E-state index in [4.69, 9.17) is 16.3 Å². The van der Waals surface area contributed by atoms with Crippen LogP contribution in [0.15, 0.2) is 30.0 Å². The predicted octanol–water partition coefficient (Wildman–Crippen LogP) is 2.15. The van der Waals surface area contributed by atoms with E-state index < -0.39 is 17.6 Å².